The highest BCUT2D eigenvalue weighted by molar-refractivity contribution is 7.09. The first kappa shape index (κ1) is 19.1. The Hall–Kier alpha value is -2.63. The third kappa shape index (κ3) is 4.76. The summed E-state index contributed by atoms with van der Waals surface area (Å²) in [6, 6.07) is 19.3. The van der Waals surface area contributed by atoms with Crippen LogP contribution in [0.5, 0.6) is 5.75 Å². The molecule has 0 fully saturated rings. The maximum absolute atomic E-state index is 13.3. The number of likely N-dealkylation sites (N-methyl/N-ethyl adjacent to an activating group) is 1. The summed E-state index contributed by atoms with van der Waals surface area (Å²) in [5.74, 6) is 0.575. The van der Waals surface area contributed by atoms with Crippen molar-refractivity contribution in [3.8, 4) is 5.75 Å². The number of ether oxygens (including phenoxy) is 1. The summed E-state index contributed by atoms with van der Waals surface area (Å²) >= 11 is 1.69. The lowest BCUT2D eigenvalue weighted by Crippen LogP contribution is -2.34. The van der Waals surface area contributed by atoms with Gasteiger partial charge in [0.1, 0.15) is 11.8 Å². The Balaban J connectivity index is 1.88. The Morgan fingerprint density at radius 2 is 1.93 bits per heavy atom. The standard InChI is InChI=1S/C22H24N2O2S/c1-16-11-12-20(26-3)19(14-16)23-22(25)21(17-8-5-4-6-9-17)24(2)15-18-10-7-13-27-18/h4-14,21H,15H2,1-3H3,(H,23,25). The third-order valence-corrected chi connectivity index (χ3v) is 5.26. The predicted molar refractivity (Wildman–Crippen MR) is 111 cm³/mol. The van der Waals surface area contributed by atoms with Gasteiger partial charge in [0.15, 0.2) is 0 Å². The van der Waals surface area contributed by atoms with Crippen LogP contribution in [0.3, 0.4) is 0 Å². The highest BCUT2D eigenvalue weighted by Gasteiger charge is 2.26. The van der Waals surface area contributed by atoms with Gasteiger partial charge in [-0.05, 0) is 48.7 Å². The largest absolute Gasteiger partial charge is 0.495 e. The normalized spacial score (nSPS) is 12.0. The van der Waals surface area contributed by atoms with Crippen molar-refractivity contribution in [2.45, 2.75) is 19.5 Å². The molecule has 140 valence electrons. The first-order valence-electron chi connectivity index (χ1n) is 8.81. The number of carbonyl (C=O) groups excluding carboxylic acids is 1. The lowest BCUT2D eigenvalue weighted by Gasteiger charge is -2.27. The summed E-state index contributed by atoms with van der Waals surface area (Å²) in [5, 5.41) is 5.11. The molecule has 0 saturated heterocycles. The number of nitrogens with one attached hydrogen (secondary N) is 1. The molecule has 0 saturated carbocycles. The van der Waals surface area contributed by atoms with Crippen molar-refractivity contribution in [1.82, 2.24) is 4.90 Å². The number of carbonyl (C=O) groups is 1. The van der Waals surface area contributed by atoms with Crippen molar-refractivity contribution in [1.29, 1.82) is 0 Å². The number of hydrogen-bond acceptors (Lipinski definition) is 4. The van der Waals surface area contributed by atoms with Gasteiger partial charge in [-0.3, -0.25) is 9.69 Å². The van der Waals surface area contributed by atoms with Crippen molar-refractivity contribution in [3.05, 3.63) is 82.0 Å². The van der Waals surface area contributed by atoms with E-state index in [2.05, 4.69) is 21.7 Å². The van der Waals surface area contributed by atoms with E-state index in [-0.39, 0.29) is 5.91 Å². The number of benzene rings is 2. The number of hydrogen-bond donors (Lipinski definition) is 1. The topological polar surface area (TPSA) is 41.6 Å². The molecule has 0 spiro atoms. The van der Waals surface area contributed by atoms with Crippen molar-refractivity contribution in [3.63, 3.8) is 0 Å². The summed E-state index contributed by atoms with van der Waals surface area (Å²) in [5.41, 5.74) is 2.71. The van der Waals surface area contributed by atoms with Crippen molar-refractivity contribution >= 4 is 22.9 Å². The molecular formula is C22H24N2O2S. The Morgan fingerprint density at radius 3 is 2.59 bits per heavy atom. The molecule has 1 amide bonds. The fourth-order valence-corrected chi connectivity index (χ4v) is 3.87. The van der Waals surface area contributed by atoms with Gasteiger partial charge in [0, 0.05) is 11.4 Å². The summed E-state index contributed by atoms with van der Waals surface area (Å²) in [6.07, 6.45) is 0. The fourth-order valence-electron chi connectivity index (χ4n) is 3.10. The second-order valence-corrected chi connectivity index (χ2v) is 7.53. The van der Waals surface area contributed by atoms with E-state index in [0.717, 1.165) is 11.1 Å². The number of anilines is 1. The van der Waals surface area contributed by atoms with Crippen LogP contribution in [0, 0.1) is 6.92 Å². The average Bonchev–Trinajstić information content (AvgIpc) is 3.16. The molecule has 3 aromatic rings. The van der Waals surface area contributed by atoms with Crippen LogP contribution < -0.4 is 10.1 Å². The van der Waals surface area contributed by atoms with Gasteiger partial charge in [-0.15, -0.1) is 11.3 Å². The molecule has 0 radical (unpaired) electrons. The van der Waals surface area contributed by atoms with Crippen LogP contribution in [0.25, 0.3) is 0 Å². The Bertz CT molecular complexity index is 879. The summed E-state index contributed by atoms with van der Waals surface area (Å²) < 4.78 is 5.41. The van der Waals surface area contributed by atoms with Crippen molar-refractivity contribution < 1.29 is 9.53 Å². The van der Waals surface area contributed by atoms with Crippen LogP contribution in [-0.2, 0) is 11.3 Å². The molecule has 3 rings (SSSR count). The summed E-state index contributed by atoms with van der Waals surface area (Å²) in [7, 11) is 3.59. The highest BCUT2D eigenvalue weighted by Crippen LogP contribution is 2.29. The minimum atomic E-state index is -0.404. The van der Waals surface area contributed by atoms with E-state index < -0.39 is 6.04 Å². The molecule has 0 aliphatic carbocycles. The van der Waals surface area contributed by atoms with E-state index in [1.54, 1.807) is 18.4 Å². The lowest BCUT2D eigenvalue weighted by atomic mass is 10.0. The number of thiophene rings is 1. The van der Waals surface area contributed by atoms with Gasteiger partial charge >= 0.3 is 0 Å². The van der Waals surface area contributed by atoms with Crippen LogP contribution in [0.4, 0.5) is 5.69 Å². The van der Waals surface area contributed by atoms with Crippen molar-refractivity contribution in [2.75, 3.05) is 19.5 Å². The molecule has 2 aromatic carbocycles. The van der Waals surface area contributed by atoms with Gasteiger partial charge in [0.2, 0.25) is 5.91 Å². The smallest absolute Gasteiger partial charge is 0.246 e. The second kappa shape index (κ2) is 8.84. The molecule has 1 unspecified atom stereocenters. The molecule has 0 bridgehead atoms. The number of amides is 1. The second-order valence-electron chi connectivity index (χ2n) is 6.50. The molecule has 1 atom stereocenters. The highest BCUT2D eigenvalue weighted by atomic mass is 32.1. The zero-order valence-corrected chi connectivity index (χ0v) is 16.6. The molecule has 4 nitrogen and oxygen atoms in total. The molecule has 5 heteroatoms. The van der Waals surface area contributed by atoms with Gasteiger partial charge in [-0.25, -0.2) is 0 Å². The molecular weight excluding hydrogens is 356 g/mol. The Morgan fingerprint density at radius 1 is 1.15 bits per heavy atom. The third-order valence-electron chi connectivity index (χ3n) is 4.40. The number of nitrogens with zero attached hydrogens (tertiary/aromatic N) is 1. The van der Waals surface area contributed by atoms with Crippen molar-refractivity contribution in [2.24, 2.45) is 0 Å². The van der Waals surface area contributed by atoms with E-state index in [1.807, 2.05) is 68.6 Å². The van der Waals surface area contributed by atoms with E-state index >= 15 is 0 Å². The lowest BCUT2D eigenvalue weighted by molar-refractivity contribution is -0.121. The summed E-state index contributed by atoms with van der Waals surface area (Å²) in [6.45, 7) is 2.70. The van der Waals surface area contributed by atoms with Gasteiger partial charge in [-0.1, -0.05) is 42.5 Å². The zero-order chi connectivity index (χ0) is 19.2. The molecule has 27 heavy (non-hydrogen) atoms. The SMILES string of the molecule is COc1ccc(C)cc1NC(=O)C(c1ccccc1)N(C)Cc1cccs1. The van der Waals surface area contributed by atoms with E-state index in [4.69, 9.17) is 4.74 Å². The zero-order valence-electron chi connectivity index (χ0n) is 15.8. The molecule has 0 aliphatic rings. The van der Waals surface area contributed by atoms with Gasteiger partial charge in [0.05, 0.1) is 12.8 Å². The first-order valence-corrected chi connectivity index (χ1v) is 9.69. The Kier molecular flexibility index (Phi) is 6.27. The minimum Gasteiger partial charge on any atom is -0.495 e. The van der Waals surface area contributed by atoms with Gasteiger partial charge in [0.25, 0.3) is 0 Å². The quantitative estimate of drug-likeness (QED) is 0.635. The minimum absolute atomic E-state index is 0.0795. The van der Waals surface area contributed by atoms with E-state index in [0.29, 0.717) is 18.0 Å². The molecule has 1 aromatic heterocycles. The average molecular weight is 381 g/mol. The maximum Gasteiger partial charge on any atom is 0.246 e. The monoisotopic (exact) mass is 380 g/mol. The summed E-state index contributed by atoms with van der Waals surface area (Å²) in [4.78, 5) is 16.5. The molecule has 0 aliphatic heterocycles. The molecule has 1 heterocycles. The predicted octanol–water partition coefficient (Wildman–Crippen LogP) is 4.88. The fraction of sp³-hybridized carbons (Fsp3) is 0.227. The molecule has 1 N–H and O–H groups in total. The van der Waals surface area contributed by atoms with Crippen LogP contribution >= 0.6 is 11.3 Å². The number of rotatable bonds is 7. The van der Waals surface area contributed by atoms with Gasteiger partial charge < -0.3 is 10.1 Å². The van der Waals surface area contributed by atoms with Crippen LogP contribution in [0.2, 0.25) is 0 Å². The Labute approximate surface area is 164 Å². The van der Waals surface area contributed by atoms with E-state index in [9.17, 15) is 4.79 Å². The first-order chi connectivity index (χ1) is 13.1. The maximum atomic E-state index is 13.3. The number of aryl methyl sites for hydroxylation is 1. The van der Waals surface area contributed by atoms with Crippen LogP contribution in [0.1, 0.15) is 22.0 Å². The van der Waals surface area contributed by atoms with E-state index in [1.165, 1.54) is 4.88 Å². The number of methoxy groups -OCH3 is 1. The van der Waals surface area contributed by atoms with Gasteiger partial charge in [-0.2, -0.15) is 0 Å². The van der Waals surface area contributed by atoms with Crippen LogP contribution in [-0.4, -0.2) is 25.0 Å². The van der Waals surface area contributed by atoms with Crippen LogP contribution in [0.15, 0.2) is 66.0 Å².